The number of para-hydroxylation sites is 1. The highest BCUT2D eigenvalue weighted by Gasteiger charge is 2.34. The highest BCUT2D eigenvalue weighted by molar-refractivity contribution is 7.89. The number of amidine groups is 2. The van der Waals surface area contributed by atoms with E-state index < -0.39 is 37.4 Å². The monoisotopic (exact) mass is 497 g/mol. The Morgan fingerprint density at radius 1 is 1.15 bits per heavy atom. The lowest BCUT2D eigenvalue weighted by molar-refractivity contribution is 0.264. The molecule has 0 bridgehead atoms. The van der Waals surface area contributed by atoms with Gasteiger partial charge in [0.2, 0.25) is 10.0 Å². The largest absolute Gasteiger partial charge is 0.504 e. The van der Waals surface area contributed by atoms with E-state index in [1.807, 2.05) is 33.8 Å². The van der Waals surface area contributed by atoms with Crippen LogP contribution in [0.2, 0.25) is 0 Å². The van der Waals surface area contributed by atoms with E-state index in [0.29, 0.717) is 5.76 Å². The van der Waals surface area contributed by atoms with Crippen molar-refractivity contribution in [1.82, 2.24) is 9.62 Å². The minimum absolute atomic E-state index is 0.0515. The molecule has 1 atom stereocenters. The van der Waals surface area contributed by atoms with Crippen molar-refractivity contribution in [1.29, 1.82) is 0 Å². The molecule has 180 valence electrons. The molecule has 0 unspecified atom stereocenters. The quantitative estimate of drug-likeness (QED) is 0.532. The Morgan fingerprint density at radius 3 is 2.33 bits per heavy atom. The van der Waals surface area contributed by atoms with Gasteiger partial charge in [-0.05, 0) is 36.1 Å². The fourth-order valence-corrected chi connectivity index (χ4v) is 4.90. The Hall–Kier alpha value is -2.90. The number of phenolic OH excluding ortho intramolecular Hbond substituents is 1. The van der Waals surface area contributed by atoms with Crippen molar-refractivity contribution < 1.29 is 26.4 Å². The molecule has 0 radical (unpaired) electrons. The van der Waals surface area contributed by atoms with Crippen LogP contribution in [0.3, 0.4) is 0 Å². The molecule has 1 aliphatic rings. The number of hydrogen-bond donors (Lipinski definition) is 3. The highest BCUT2D eigenvalue weighted by Crippen LogP contribution is 2.35. The van der Waals surface area contributed by atoms with Crippen LogP contribution < -0.4 is 10.6 Å². The zero-order chi connectivity index (χ0) is 24.8. The second-order valence-electron chi connectivity index (χ2n) is 8.86. The zero-order valence-corrected chi connectivity index (χ0v) is 20.7. The number of aromatic hydroxyl groups is 1. The van der Waals surface area contributed by atoms with E-state index >= 15 is 0 Å². The lowest BCUT2D eigenvalue weighted by atomic mass is 9.85. The van der Waals surface area contributed by atoms with Crippen molar-refractivity contribution in [2.24, 2.45) is 14.2 Å². The Kier molecular flexibility index (Phi) is 6.35. The first-order valence-electron chi connectivity index (χ1n) is 9.90. The van der Waals surface area contributed by atoms with E-state index in [2.05, 4.69) is 19.4 Å². The summed E-state index contributed by atoms with van der Waals surface area (Å²) in [6, 6.07) is 5.41. The Morgan fingerprint density at radius 2 is 1.79 bits per heavy atom. The van der Waals surface area contributed by atoms with E-state index in [9.17, 15) is 21.9 Å². The Labute approximate surface area is 193 Å². The zero-order valence-electron chi connectivity index (χ0n) is 19.1. The van der Waals surface area contributed by atoms with E-state index in [1.165, 1.54) is 32.3 Å². The van der Waals surface area contributed by atoms with E-state index in [4.69, 9.17) is 4.42 Å². The van der Waals surface area contributed by atoms with Gasteiger partial charge in [0.15, 0.2) is 17.4 Å². The maximum atomic E-state index is 12.5. The summed E-state index contributed by atoms with van der Waals surface area (Å²) in [6.45, 7) is 7.70. The standard InChI is InChI=1S/C20H27N5O6S2/c1-12-10-14(31-11-12)17(20(2,3)4)22-19-18(23-33(29,30)24-19)21-13-8-7-9-15(16(13)26)32(27,28)25(5)6/h7-11,17,26H,1-6H3,(H,21,23)(H,22,24)/t17-/m0/s1. The predicted octanol–water partition coefficient (Wildman–Crippen LogP) is 2.39. The van der Waals surface area contributed by atoms with Crippen LogP contribution in [-0.2, 0) is 20.2 Å². The van der Waals surface area contributed by atoms with Gasteiger partial charge in [0.1, 0.15) is 10.7 Å². The van der Waals surface area contributed by atoms with E-state index in [1.54, 1.807) is 6.26 Å². The molecule has 0 aliphatic carbocycles. The summed E-state index contributed by atoms with van der Waals surface area (Å²) in [6.07, 6.45) is 1.59. The molecule has 0 saturated heterocycles. The number of phenols is 1. The number of nitrogens with zero attached hydrogens (tertiary/aromatic N) is 3. The molecule has 0 amide bonds. The number of furan rings is 1. The van der Waals surface area contributed by atoms with Crippen molar-refractivity contribution >= 4 is 37.6 Å². The topological polar surface area (TPSA) is 154 Å². The third kappa shape index (κ3) is 5.20. The molecule has 33 heavy (non-hydrogen) atoms. The summed E-state index contributed by atoms with van der Waals surface area (Å²) < 4.78 is 63.2. The van der Waals surface area contributed by atoms with Crippen LogP contribution in [0.1, 0.15) is 38.1 Å². The van der Waals surface area contributed by atoms with Crippen molar-refractivity contribution in [2.75, 3.05) is 19.4 Å². The molecular formula is C20H27N5O6S2. The van der Waals surface area contributed by atoms with E-state index in [0.717, 1.165) is 9.87 Å². The van der Waals surface area contributed by atoms with Crippen molar-refractivity contribution in [3.05, 3.63) is 41.9 Å². The van der Waals surface area contributed by atoms with Crippen LogP contribution >= 0.6 is 0 Å². The van der Waals surface area contributed by atoms with Gasteiger partial charge in [-0.2, -0.15) is 8.42 Å². The van der Waals surface area contributed by atoms with Gasteiger partial charge in [0.05, 0.1) is 18.0 Å². The van der Waals surface area contributed by atoms with Gasteiger partial charge in [-0.15, -0.1) is 8.80 Å². The average Bonchev–Trinajstić information content (AvgIpc) is 3.22. The first-order valence-corrected chi connectivity index (χ1v) is 12.7. The molecule has 2 heterocycles. The van der Waals surface area contributed by atoms with Crippen LogP contribution in [0.15, 0.2) is 48.6 Å². The second-order valence-corrected chi connectivity index (χ2v) is 12.2. The molecule has 3 rings (SSSR count). The third-order valence-corrected chi connectivity index (χ3v) is 7.50. The number of nitrogens with one attached hydrogen (secondary N) is 2. The molecule has 11 nitrogen and oxygen atoms in total. The lowest BCUT2D eigenvalue weighted by Gasteiger charge is -2.30. The molecule has 2 aromatic rings. The van der Waals surface area contributed by atoms with Gasteiger partial charge < -0.3 is 20.2 Å². The van der Waals surface area contributed by atoms with Crippen LogP contribution in [0.5, 0.6) is 5.75 Å². The third-order valence-electron chi connectivity index (χ3n) is 4.83. The SMILES string of the molecule is Cc1coc([C@H](NC2=NS(=O)(=O)N=C2Nc2cccc(S(=O)(=O)N(C)C)c2O)C(C)(C)C)c1. The first-order chi connectivity index (χ1) is 15.1. The minimum Gasteiger partial charge on any atom is -0.504 e. The summed E-state index contributed by atoms with van der Waals surface area (Å²) in [7, 11) is -5.46. The van der Waals surface area contributed by atoms with Gasteiger partial charge in [0, 0.05) is 14.1 Å². The van der Waals surface area contributed by atoms with Gasteiger partial charge in [-0.25, -0.2) is 12.7 Å². The maximum Gasteiger partial charge on any atom is 0.367 e. The molecule has 13 heteroatoms. The number of aryl methyl sites for hydroxylation is 1. The fraction of sp³-hybridized carbons (Fsp3) is 0.400. The first kappa shape index (κ1) is 24.7. The molecule has 0 saturated carbocycles. The predicted molar refractivity (Wildman–Crippen MR) is 125 cm³/mol. The van der Waals surface area contributed by atoms with Crippen LogP contribution in [-0.4, -0.2) is 52.0 Å². The Balaban J connectivity index is 1.98. The van der Waals surface area contributed by atoms with Gasteiger partial charge in [-0.1, -0.05) is 26.8 Å². The summed E-state index contributed by atoms with van der Waals surface area (Å²) in [5, 5.41) is 16.4. The molecule has 0 spiro atoms. The smallest absolute Gasteiger partial charge is 0.367 e. The van der Waals surface area contributed by atoms with Gasteiger partial charge >= 0.3 is 10.2 Å². The van der Waals surface area contributed by atoms with Crippen LogP contribution in [0.4, 0.5) is 5.69 Å². The molecular weight excluding hydrogens is 470 g/mol. The average molecular weight is 498 g/mol. The van der Waals surface area contributed by atoms with E-state index in [-0.39, 0.29) is 22.3 Å². The second kappa shape index (κ2) is 8.47. The maximum absolute atomic E-state index is 12.5. The van der Waals surface area contributed by atoms with Crippen molar-refractivity contribution in [2.45, 2.75) is 38.6 Å². The number of hydrogen-bond acceptors (Lipinski definition) is 8. The normalized spacial score (nSPS) is 16.9. The summed E-state index contributed by atoms with van der Waals surface area (Å²) >= 11 is 0. The lowest BCUT2D eigenvalue weighted by Crippen LogP contribution is -2.41. The van der Waals surface area contributed by atoms with Crippen molar-refractivity contribution in [3.63, 3.8) is 0 Å². The minimum atomic E-state index is -4.19. The van der Waals surface area contributed by atoms with Crippen LogP contribution in [0.25, 0.3) is 0 Å². The molecule has 1 aliphatic heterocycles. The number of sulfonamides is 1. The number of benzene rings is 1. The summed E-state index contributed by atoms with van der Waals surface area (Å²) in [5.74, 6) is -0.286. The summed E-state index contributed by atoms with van der Waals surface area (Å²) in [4.78, 5) is -0.343. The molecule has 3 N–H and O–H groups in total. The van der Waals surface area contributed by atoms with Crippen molar-refractivity contribution in [3.8, 4) is 5.75 Å². The molecule has 1 aromatic carbocycles. The number of anilines is 1. The fourth-order valence-electron chi connectivity index (χ4n) is 3.13. The van der Waals surface area contributed by atoms with Crippen LogP contribution in [0, 0.1) is 12.3 Å². The molecule has 0 fully saturated rings. The summed E-state index contributed by atoms with van der Waals surface area (Å²) in [5.41, 5.74) is 0.439. The highest BCUT2D eigenvalue weighted by atomic mass is 32.2. The number of rotatable bonds is 5. The van der Waals surface area contributed by atoms with Gasteiger partial charge in [0.25, 0.3) is 0 Å². The molecule has 1 aromatic heterocycles. The Bertz CT molecular complexity index is 1340. The van der Waals surface area contributed by atoms with Gasteiger partial charge in [-0.3, -0.25) is 0 Å².